The molecule has 0 aliphatic carbocycles. The fourth-order valence-corrected chi connectivity index (χ4v) is 2.03. The van der Waals surface area contributed by atoms with E-state index in [2.05, 4.69) is 33.8 Å². The number of quaternary nitrogens is 1. The molecule has 0 amide bonds. The molecule has 1 aromatic carbocycles. The van der Waals surface area contributed by atoms with Crippen LogP contribution in [-0.2, 0) is 19.6 Å². The van der Waals surface area contributed by atoms with E-state index in [9.17, 15) is 13.0 Å². The monoisotopic (exact) mass is 379 g/mol. The lowest BCUT2D eigenvalue weighted by Crippen LogP contribution is -2.37. The van der Waals surface area contributed by atoms with Gasteiger partial charge in [-0.3, -0.25) is 0 Å². The topological polar surface area (TPSA) is 75.7 Å². The Bertz CT molecular complexity index is 539. The Hall–Kier alpha value is -0.640. The van der Waals surface area contributed by atoms with Crippen LogP contribution in [0.15, 0.2) is 29.2 Å². The molecule has 0 bridgehead atoms. The molecule has 1 aromatic rings. The predicted octanol–water partition coefficient (Wildman–Crippen LogP) is 1.55. The molecule has 24 heavy (non-hydrogen) atoms. The summed E-state index contributed by atoms with van der Waals surface area (Å²) in [6, 6.07) is 5.78. The summed E-state index contributed by atoms with van der Waals surface area (Å²) in [6.45, 7) is 5.73. The zero-order valence-corrected chi connectivity index (χ0v) is 16.6. The summed E-state index contributed by atoms with van der Waals surface area (Å²) in [5.74, 6) is 0.777. The van der Waals surface area contributed by atoms with Crippen molar-refractivity contribution < 1.29 is 26.9 Å². The van der Waals surface area contributed by atoms with Crippen LogP contribution in [0.2, 0.25) is 0 Å². The number of aryl methyl sites for hydroxylation is 1. The van der Waals surface area contributed by atoms with Crippen LogP contribution in [0.25, 0.3) is 0 Å². The Morgan fingerprint density at radius 3 is 1.92 bits per heavy atom. The molecular formula is C16H29NO5S2. The lowest BCUT2D eigenvalue weighted by molar-refractivity contribution is -0.870. The number of hydrogen-bond donors (Lipinski definition) is 1. The molecule has 0 unspecified atom stereocenters. The van der Waals surface area contributed by atoms with Gasteiger partial charge in [-0.2, -0.15) is 12.6 Å². The van der Waals surface area contributed by atoms with Crippen LogP contribution in [0.4, 0.5) is 0 Å². The second kappa shape index (κ2) is 11.8. The van der Waals surface area contributed by atoms with E-state index in [1.54, 1.807) is 12.1 Å². The first-order valence-corrected chi connectivity index (χ1v) is 9.69. The molecule has 0 saturated heterocycles. The van der Waals surface area contributed by atoms with Crippen LogP contribution < -0.4 is 0 Å². The van der Waals surface area contributed by atoms with E-state index in [0.717, 1.165) is 29.0 Å². The second-order valence-corrected chi connectivity index (χ2v) is 8.06. The highest BCUT2D eigenvalue weighted by Crippen LogP contribution is 2.08. The van der Waals surface area contributed by atoms with Gasteiger partial charge < -0.3 is 18.5 Å². The van der Waals surface area contributed by atoms with Crippen molar-refractivity contribution in [3.8, 4) is 0 Å². The minimum atomic E-state index is -4.27. The maximum atomic E-state index is 10.4. The first-order chi connectivity index (χ1) is 11.1. The zero-order valence-electron chi connectivity index (χ0n) is 14.9. The van der Waals surface area contributed by atoms with Crippen LogP contribution in [0.5, 0.6) is 0 Å². The largest absolute Gasteiger partial charge is 0.744 e. The van der Waals surface area contributed by atoms with Crippen molar-refractivity contribution in [1.29, 1.82) is 0 Å². The molecule has 0 spiro atoms. The second-order valence-electron chi connectivity index (χ2n) is 6.23. The van der Waals surface area contributed by atoms with Gasteiger partial charge in [0.1, 0.15) is 16.7 Å². The van der Waals surface area contributed by atoms with E-state index >= 15 is 0 Å². The molecule has 0 heterocycles. The summed E-state index contributed by atoms with van der Waals surface area (Å²) in [5, 5.41) is 0. The van der Waals surface area contributed by atoms with Gasteiger partial charge in [-0.25, -0.2) is 8.42 Å². The SMILES string of the molecule is C[N+](C)(C)CCOCCOCCS.Cc1ccc(S(=O)(=O)[O-])cc1. The molecule has 0 aromatic heterocycles. The third-order valence-electron chi connectivity index (χ3n) is 2.82. The first-order valence-electron chi connectivity index (χ1n) is 7.65. The highest BCUT2D eigenvalue weighted by molar-refractivity contribution is 7.85. The number of benzene rings is 1. The van der Waals surface area contributed by atoms with Gasteiger partial charge in [0.15, 0.2) is 0 Å². The number of rotatable bonds is 9. The van der Waals surface area contributed by atoms with Gasteiger partial charge in [0.05, 0.1) is 52.5 Å². The third-order valence-corrected chi connectivity index (χ3v) is 3.86. The molecule has 8 heteroatoms. The number of ether oxygens (including phenoxy) is 2. The minimum Gasteiger partial charge on any atom is -0.744 e. The van der Waals surface area contributed by atoms with Crippen molar-refractivity contribution in [2.75, 3.05) is 59.9 Å². The molecule has 0 N–H and O–H groups in total. The Morgan fingerprint density at radius 2 is 1.50 bits per heavy atom. The Balaban J connectivity index is 0.000000446. The highest BCUT2D eigenvalue weighted by Gasteiger charge is 2.05. The maximum Gasteiger partial charge on any atom is 0.124 e. The molecule has 1 rings (SSSR count). The Morgan fingerprint density at radius 1 is 1.00 bits per heavy atom. The fraction of sp³-hybridized carbons (Fsp3) is 0.625. The number of hydrogen-bond acceptors (Lipinski definition) is 6. The van der Waals surface area contributed by atoms with Crippen molar-refractivity contribution in [1.82, 2.24) is 0 Å². The summed E-state index contributed by atoms with van der Waals surface area (Å²) in [6.07, 6.45) is 0. The van der Waals surface area contributed by atoms with Crippen molar-refractivity contribution in [3.63, 3.8) is 0 Å². The lowest BCUT2D eigenvalue weighted by Gasteiger charge is -2.23. The quantitative estimate of drug-likeness (QED) is 0.305. The number of likely N-dealkylation sites (N-methyl/N-ethyl adjacent to an activating group) is 1. The molecule has 0 aliphatic heterocycles. The van der Waals surface area contributed by atoms with Gasteiger partial charge in [0, 0.05) is 5.75 Å². The van der Waals surface area contributed by atoms with Gasteiger partial charge in [-0.05, 0) is 19.1 Å². The van der Waals surface area contributed by atoms with E-state index in [-0.39, 0.29) is 4.90 Å². The number of nitrogens with zero attached hydrogens (tertiary/aromatic N) is 1. The van der Waals surface area contributed by atoms with Gasteiger partial charge in [0.25, 0.3) is 0 Å². The fourth-order valence-electron chi connectivity index (χ4n) is 1.43. The van der Waals surface area contributed by atoms with Gasteiger partial charge in [0.2, 0.25) is 0 Å². The van der Waals surface area contributed by atoms with Crippen molar-refractivity contribution in [2.45, 2.75) is 11.8 Å². The predicted molar refractivity (Wildman–Crippen MR) is 97.5 cm³/mol. The molecule has 0 fully saturated rings. The summed E-state index contributed by atoms with van der Waals surface area (Å²) in [4.78, 5) is -0.178. The van der Waals surface area contributed by atoms with E-state index in [1.165, 1.54) is 12.1 Å². The van der Waals surface area contributed by atoms with E-state index in [4.69, 9.17) is 9.47 Å². The van der Waals surface area contributed by atoms with Crippen molar-refractivity contribution >= 4 is 22.7 Å². The Labute approximate surface area is 151 Å². The summed E-state index contributed by atoms with van der Waals surface area (Å²) in [7, 11) is 2.19. The van der Waals surface area contributed by atoms with Gasteiger partial charge in [-0.15, -0.1) is 0 Å². The summed E-state index contributed by atoms with van der Waals surface area (Å²) < 4.78 is 42.7. The standard InChI is InChI=1S/C9H21NO2S.C7H8O3S/c1-10(2,3)4-5-11-6-7-12-8-9-13;1-6-2-4-7(5-3-6)11(8,9)10/h4-9H2,1-3H3;2-5H,1H3,(H,8,9,10). The van der Waals surface area contributed by atoms with E-state index in [1.807, 2.05) is 6.92 Å². The van der Waals surface area contributed by atoms with Crippen LogP contribution in [-0.4, -0.2) is 77.3 Å². The van der Waals surface area contributed by atoms with E-state index < -0.39 is 10.1 Å². The number of thiol groups is 1. The molecule has 6 nitrogen and oxygen atoms in total. The zero-order chi connectivity index (χ0) is 18.6. The van der Waals surface area contributed by atoms with E-state index in [0.29, 0.717) is 19.8 Å². The van der Waals surface area contributed by atoms with Crippen molar-refractivity contribution in [2.24, 2.45) is 0 Å². The highest BCUT2D eigenvalue weighted by atomic mass is 32.2. The molecule has 140 valence electrons. The molecule has 0 atom stereocenters. The molecule has 0 radical (unpaired) electrons. The first kappa shape index (κ1) is 23.4. The molecule has 0 saturated carbocycles. The normalized spacial score (nSPS) is 11.8. The van der Waals surface area contributed by atoms with Crippen LogP contribution in [0.3, 0.4) is 0 Å². The third kappa shape index (κ3) is 13.8. The average Bonchev–Trinajstić information content (AvgIpc) is 2.45. The molecule has 0 aliphatic rings. The van der Waals surface area contributed by atoms with Crippen LogP contribution in [0, 0.1) is 6.92 Å². The summed E-state index contributed by atoms with van der Waals surface area (Å²) >= 11 is 4.03. The smallest absolute Gasteiger partial charge is 0.124 e. The van der Waals surface area contributed by atoms with Gasteiger partial charge >= 0.3 is 0 Å². The summed E-state index contributed by atoms with van der Waals surface area (Å²) in [5.41, 5.74) is 0.928. The Kier molecular flexibility index (Phi) is 11.5. The average molecular weight is 380 g/mol. The van der Waals surface area contributed by atoms with Crippen LogP contribution in [0.1, 0.15) is 5.56 Å². The lowest BCUT2D eigenvalue weighted by atomic mass is 10.2. The van der Waals surface area contributed by atoms with Crippen molar-refractivity contribution in [3.05, 3.63) is 29.8 Å². The van der Waals surface area contributed by atoms with Gasteiger partial charge in [-0.1, -0.05) is 17.7 Å². The maximum absolute atomic E-state index is 10.4. The van der Waals surface area contributed by atoms with Crippen LogP contribution >= 0.6 is 12.6 Å². The minimum absolute atomic E-state index is 0.178. The molecular weight excluding hydrogens is 350 g/mol.